The third-order valence-electron chi connectivity index (χ3n) is 3.17. The van der Waals surface area contributed by atoms with E-state index in [4.69, 9.17) is 4.74 Å². The molecule has 1 heterocycles. The van der Waals surface area contributed by atoms with Crippen molar-refractivity contribution < 1.29 is 4.74 Å². The van der Waals surface area contributed by atoms with Crippen LogP contribution in [0.5, 0.6) is 5.75 Å². The minimum Gasteiger partial charge on any atom is -0.489 e. The van der Waals surface area contributed by atoms with Crippen LogP contribution in [0.3, 0.4) is 0 Å². The monoisotopic (exact) mass is 270 g/mol. The zero-order valence-electron chi connectivity index (χ0n) is 12.2. The van der Waals surface area contributed by atoms with E-state index in [2.05, 4.69) is 36.3 Å². The lowest BCUT2D eigenvalue weighted by Crippen LogP contribution is -2.27. The molecule has 0 fully saturated rings. The summed E-state index contributed by atoms with van der Waals surface area (Å²) in [6, 6.07) is 12.8. The van der Waals surface area contributed by atoms with E-state index in [-0.39, 0.29) is 0 Å². The number of aromatic nitrogens is 1. The van der Waals surface area contributed by atoms with Crippen molar-refractivity contribution in [2.45, 2.75) is 32.9 Å². The molecule has 0 radical (unpaired) electrons. The van der Waals surface area contributed by atoms with E-state index in [1.807, 2.05) is 24.3 Å². The average Bonchev–Trinajstić information content (AvgIpc) is 2.48. The number of benzene rings is 1. The van der Waals surface area contributed by atoms with Crippen LogP contribution < -0.4 is 10.1 Å². The van der Waals surface area contributed by atoms with Crippen molar-refractivity contribution in [3.63, 3.8) is 0 Å². The fourth-order valence-electron chi connectivity index (χ4n) is 2.14. The standard InChI is InChI=1S/C17H22N2O/c1-3-19-14(2)12-15-4-6-17(7-5-15)20-13-16-8-10-18-11-9-16/h4-11,14,19H,3,12-13H2,1-2H3. The lowest BCUT2D eigenvalue weighted by molar-refractivity contribution is 0.306. The van der Waals surface area contributed by atoms with Gasteiger partial charge >= 0.3 is 0 Å². The molecule has 3 nitrogen and oxygen atoms in total. The van der Waals surface area contributed by atoms with Gasteiger partial charge in [0.1, 0.15) is 12.4 Å². The number of rotatable bonds is 7. The Kier molecular flexibility index (Phi) is 5.56. The highest BCUT2D eigenvalue weighted by atomic mass is 16.5. The molecule has 0 bridgehead atoms. The van der Waals surface area contributed by atoms with Crippen LogP contribution in [0.2, 0.25) is 0 Å². The zero-order chi connectivity index (χ0) is 14.2. The summed E-state index contributed by atoms with van der Waals surface area (Å²) < 4.78 is 5.76. The highest BCUT2D eigenvalue weighted by Gasteiger charge is 2.02. The summed E-state index contributed by atoms with van der Waals surface area (Å²) in [7, 11) is 0. The highest BCUT2D eigenvalue weighted by molar-refractivity contribution is 5.28. The summed E-state index contributed by atoms with van der Waals surface area (Å²) in [5.41, 5.74) is 2.46. The van der Waals surface area contributed by atoms with Gasteiger partial charge in [-0.05, 0) is 55.3 Å². The van der Waals surface area contributed by atoms with Gasteiger partial charge < -0.3 is 10.1 Å². The Morgan fingerprint density at radius 3 is 2.40 bits per heavy atom. The van der Waals surface area contributed by atoms with Crippen molar-refractivity contribution in [2.75, 3.05) is 6.54 Å². The van der Waals surface area contributed by atoms with E-state index in [1.54, 1.807) is 12.4 Å². The van der Waals surface area contributed by atoms with Crippen LogP contribution >= 0.6 is 0 Å². The van der Waals surface area contributed by atoms with E-state index >= 15 is 0 Å². The van der Waals surface area contributed by atoms with Gasteiger partial charge in [0, 0.05) is 18.4 Å². The molecule has 1 aromatic carbocycles. The number of ether oxygens (including phenoxy) is 1. The van der Waals surface area contributed by atoms with Gasteiger partial charge in [-0.25, -0.2) is 0 Å². The van der Waals surface area contributed by atoms with Gasteiger partial charge in [0.15, 0.2) is 0 Å². The number of pyridine rings is 1. The smallest absolute Gasteiger partial charge is 0.119 e. The molecular formula is C17H22N2O. The lowest BCUT2D eigenvalue weighted by atomic mass is 10.1. The number of nitrogens with one attached hydrogen (secondary N) is 1. The van der Waals surface area contributed by atoms with Crippen molar-refractivity contribution in [1.82, 2.24) is 10.3 Å². The molecule has 0 aliphatic rings. The Hall–Kier alpha value is -1.87. The largest absolute Gasteiger partial charge is 0.489 e. The highest BCUT2D eigenvalue weighted by Crippen LogP contribution is 2.15. The van der Waals surface area contributed by atoms with Crippen LogP contribution in [0.15, 0.2) is 48.8 Å². The molecule has 0 aliphatic carbocycles. The molecule has 0 saturated heterocycles. The van der Waals surface area contributed by atoms with Gasteiger partial charge in [0.05, 0.1) is 0 Å². The second kappa shape index (κ2) is 7.65. The average molecular weight is 270 g/mol. The third kappa shape index (κ3) is 4.67. The van der Waals surface area contributed by atoms with E-state index in [0.29, 0.717) is 12.6 Å². The Balaban J connectivity index is 1.85. The van der Waals surface area contributed by atoms with Gasteiger partial charge in [0.25, 0.3) is 0 Å². The number of nitrogens with zero attached hydrogens (tertiary/aromatic N) is 1. The fourth-order valence-corrected chi connectivity index (χ4v) is 2.14. The molecule has 1 unspecified atom stereocenters. The topological polar surface area (TPSA) is 34.1 Å². The first kappa shape index (κ1) is 14.5. The van der Waals surface area contributed by atoms with Crippen LogP contribution in [0, 0.1) is 0 Å². The maximum Gasteiger partial charge on any atom is 0.119 e. The fraction of sp³-hybridized carbons (Fsp3) is 0.353. The van der Waals surface area contributed by atoms with Gasteiger partial charge in [-0.2, -0.15) is 0 Å². The molecule has 1 aromatic heterocycles. The van der Waals surface area contributed by atoms with Crippen LogP contribution in [0.25, 0.3) is 0 Å². The molecule has 2 rings (SSSR count). The first-order valence-electron chi connectivity index (χ1n) is 7.12. The Labute approximate surface area is 121 Å². The second-order valence-electron chi connectivity index (χ2n) is 4.95. The van der Waals surface area contributed by atoms with Crippen LogP contribution in [0.4, 0.5) is 0 Å². The van der Waals surface area contributed by atoms with Crippen LogP contribution in [0.1, 0.15) is 25.0 Å². The Bertz CT molecular complexity index is 496. The Morgan fingerprint density at radius 1 is 1.05 bits per heavy atom. The summed E-state index contributed by atoms with van der Waals surface area (Å²) >= 11 is 0. The third-order valence-corrected chi connectivity index (χ3v) is 3.17. The number of likely N-dealkylation sites (N-methyl/N-ethyl adjacent to an activating group) is 1. The molecule has 3 heteroatoms. The molecular weight excluding hydrogens is 248 g/mol. The van der Waals surface area contributed by atoms with E-state index in [1.165, 1.54) is 5.56 Å². The molecule has 0 spiro atoms. The maximum absolute atomic E-state index is 5.76. The normalized spacial score (nSPS) is 12.1. The number of hydrogen-bond acceptors (Lipinski definition) is 3. The van der Waals surface area contributed by atoms with Crippen LogP contribution in [-0.4, -0.2) is 17.6 Å². The summed E-state index contributed by atoms with van der Waals surface area (Å²) in [4.78, 5) is 3.99. The molecule has 1 atom stereocenters. The van der Waals surface area contributed by atoms with Gasteiger partial charge in [-0.1, -0.05) is 19.1 Å². The van der Waals surface area contributed by atoms with Gasteiger partial charge in [-0.3, -0.25) is 4.98 Å². The number of hydrogen-bond donors (Lipinski definition) is 1. The van der Waals surface area contributed by atoms with Crippen LogP contribution in [-0.2, 0) is 13.0 Å². The first-order chi connectivity index (χ1) is 9.78. The first-order valence-corrected chi connectivity index (χ1v) is 7.12. The summed E-state index contributed by atoms with van der Waals surface area (Å²) in [5, 5.41) is 3.42. The minimum absolute atomic E-state index is 0.503. The minimum atomic E-state index is 0.503. The van der Waals surface area contributed by atoms with Gasteiger partial charge in [-0.15, -0.1) is 0 Å². The van der Waals surface area contributed by atoms with Gasteiger partial charge in [0.2, 0.25) is 0 Å². The van der Waals surface area contributed by atoms with E-state index < -0.39 is 0 Å². The molecule has 2 aromatic rings. The van der Waals surface area contributed by atoms with E-state index in [9.17, 15) is 0 Å². The van der Waals surface area contributed by atoms with Crippen molar-refractivity contribution in [1.29, 1.82) is 0 Å². The SMILES string of the molecule is CCNC(C)Cc1ccc(OCc2ccncc2)cc1. The second-order valence-corrected chi connectivity index (χ2v) is 4.95. The molecule has 20 heavy (non-hydrogen) atoms. The predicted octanol–water partition coefficient (Wildman–Crippen LogP) is 3.20. The molecule has 1 N–H and O–H groups in total. The molecule has 0 amide bonds. The quantitative estimate of drug-likeness (QED) is 0.839. The molecule has 0 aliphatic heterocycles. The lowest BCUT2D eigenvalue weighted by Gasteiger charge is -2.12. The molecule has 0 saturated carbocycles. The van der Waals surface area contributed by atoms with Crippen molar-refractivity contribution >= 4 is 0 Å². The van der Waals surface area contributed by atoms with E-state index in [0.717, 1.165) is 24.3 Å². The van der Waals surface area contributed by atoms with Crippen molar-refractivity contribution in [2.24, 2.45) is 0 Å². The molecule has 106 valence electrons. The Morgan fingerprint density at radius 2 is 1.75 bits per heavy atom. The van der Waals surface area contributed by atoms with Crippen molar-refractivity contribution in [3.05, 3.63) is 59.9 Å². The zero-order valence-corrected chi connectivity index (χ0v) is 12.2. The summed E-state index contributed by atoms with van der Waals surface area (Å²) in [5.74, 6) is 0.904. The maximum atomic E-state index is 5.76. The summed E-state index contributed by atoms with van der Waals surface area (Å²) in [6.45, 7) is 5.92. The summed E-state index contributed by atoms with van der Waals surface area (Å²) in [6.07, 6.45) is 4.60. The predicted molar refractivity (Wildman–Crippen MR) is 81.9 cm³/mol. The van der Waals surface area contributed by atoms with Crippen molar-refractivity contribution in [3.8, 4) is 5.75 Å².